The molecule has 1 unspecified atom stereocenters. The van der Waals surface area contributed by atoms with Gasteiger partial charge in [-0.25, -0.2) is 0 Å². The van der Waals surface area contributed by atoms with Crippen LogP contribution in [0.25, 0.3) is 0 Å². The molecular weight excluding hydrogens is 282 g/mol. The summed E-state index contributed by atoms with van der Waals surface area (Å²) in [5.41, 5.74) is 0.663. The van der Waals surface area contributed by atoms with E-state index in [9.17, 15) is 4.79 Å². The van der Waals surface area contributed by atoms with Crippen LogP contribution in [-0.4, -0.2) is 23.9 Å². The number of carbonyl (C=O) groups is 1. The van der Waals surface area contributed by atoms with E-state index in [0.29, 0.717) is 23.5 Å². The fourth-order valence-electron chi connectivity index (χ4n) is 1.36. The van der Waals surface area contributed by atoms with Gasteiger partial charge >= 0.3 is 0 Å². The van der Waals surface area contributed by atoms with Crippen molar-refractivity contribution >= 4 is 21.8 Å². The highest BCUT2D eigenvalue weighted by Crippen LogP contribution is 2.12. The van der Waals surface area contributed by atoms with Crippen LogP contribution in [0, 0.1) is 0 Å². The summed E-state index contributed by atoms with van der Waals surface area (Å²) in [6, 6.07) is 7.17. The zero-order chi connectivity index (χ0) is 12.7. The van der Waals surface area contributed by atoms with Crippen LogP contribution in [0.15, 0.2) is 24.3 Å². The summed E-state index contributed by atoms with van der Waals surface area (Å²) in [7, 11) is 0. The molecule has 0 bridgehead atoms. The summed E-state index contributed by atoms with van der Waals surface area (Å²) in [4.78, 5) is 12.1. The molecule has 0 saturated heterocycles. The Balaban J connectivity index is 2.46. The van der Waals surface area contributed by atoms with Gasteiger partial charge < -0.3 is 10.1 Å². The first-order valence-corrected chi connectivity index (χ1v) is 6.70. The third kappa shape index (κ3) is 5.22. The summed E-state index contributed by atoms with van der Waals surface area (Å²) in [5, 5.41) is 2.87. The molecular formula is C13H18BrNO2. The maximum Gasteiger partial charge on any atom is 0.251 e. The fourth-order valence-corrected chi connectivity index (χ4v) is 1.58. The van der Waals surface area contributed by atoms with Crippen LogP contribution < -0.4 is 10.1 Å². The second-order valence-corrected chi connectivity index (χ2v) is 5.35. The highest BCUT2D eigenvalue weighted by Gasteiger charge is 2.05. The number of carbonyl (C=O) groups excluding carboxylic acids is 1. The van der Waals surface area contributed by atoms with Crippen LogP contribution in [0.5, 0.6) is 5.75 Å². The molecule has 3 nitrogen and oxygen atoms in total. The van der Waals surface area contributed by atoms with E-state index in [0.717, 1.165) is 12.2 Å². The Morgan fingerprint density at radius 2 is 2.06 bits per heavy atom. The predicted molar refractivity (Wildman–Crippen MR) is 73.0 cm³/mol. The van der Waals surface area contributed by atoms with Gasteiger partial charge in [0.15, 0.2) is 0 Å². The van der Waals surface area contributed by atoms with Gasteiger partial charge in [-0.3, -0.25) is 4.79 Å². The van der Waals surface area contributed by atoms with E-state index >= 15 is 0 Å². The molecule has 1 amide bonds. The van der Waals surface area contributed by atoms with E-state index in [-0.39, 0.29) is 5.91 Å². The SMILES string of the molecule is CCOc1ccc(C(=O)NCCC(C)Br)cc1. The van der Waals surface area contributed by atoms with Gasteiger partial charge in [0.05, 0.1) is 6.61 Å². The zero-order valence-electron chi connectivity index (χ0n) is 10.2. The molecule has 0 aliphatic carbocycles. The molecule has 17 heavy (non-hydrogen) atoms. The number of hydrogen-bond acceptors (Lipinski definition) is 2. The summed E-state index contributed by atoms with van der Waals surface area (Å²) >= 11 is 3.44. The number of amides is 1. The highest BCUT2D eigenvalue weighted by molar-refractivity contribution is 9.09. The van der Waals surface area contributed by atoms with Crippen molar-refractivity contribution in [1.82, 2.24) is 5.32 Å². The normalized spacial score (nSPS) is 11.9. The van der Waals surface area contributed by atoms with Crippen molar-refractivity contribution in [3.63, 3.8) is 0 Å². The lowest BCUT2D eigenvalue weighted by Crippen LogP contribution is -2.25. The van der Waals surface area contributed by atoms with Gasteiger partial charge in [0.1, 0.15) is 5.75 Å². The maximum atomic E-state index is 11.7. The van der Waals surface area contributed by atoms with Gasteiger partial charge in [-0.2, -0.15) is 0 Å². The zero-order valence-corrected chi connectivity index (χ0v) is 11.8. The molecule has 4 heteroatoms. The molecule has 1 aromatic rings. The van der Waals surface area contributed by atoms with Crippen molar-refractivity contribution in [3.05, 3.63) is 29.8 Å². The van der Waals surface area contributed by atoms with Crippen LogP contribution in [0.1, 0.15) is 30.6 Å². The number of nitrogens with one attached hydrogen (secondary N) is 1. The first-order chi connectivity index (χ1) is 8.13. The lowest BCUT2D eigenvalue weighted by Gasteiger charge is -2.07. The minimum absolute atomic E-state index is 0.0406. The maximum absolute atomic E-state index is 11.7. The quantitative estimate of drug-likeness (QED) is 0.820. The van der Waals surface area contributed by atoms with Crippen molar-refractivity contribution < 1.29 is 9.53 Å². The third-order valence-corrected chi connectivity index (χ3v) is 2.71. The number of rotatable bonds is 6. The number of benzene rings is 1. The third-order valence-electron chi connectivity index (χ3n) is 2.26. The smallest absolute Gasteiger partial charge is 0.251 e. The predicted octanol–water partition coefficient (Wildman–Crippen LogP) is 2.99. The average molecular weight is 300 g/mol. The van der Waals surface area contributed by atoms with Gasteiger partial charge in [-0.1, -0.05) is 22.9 Å². The molecule has 1 aromatic carbocycles. The molecule has 1 N–H and O–H groups in total. The standard InChI is InChI=1S/C13H18BrNO2/c1-3-17-12-6-4-11(5-7-12)13(16)15-9-8-10(2)14/h4-7,10H,3,8-9H2,1-2H3,(H,15,16). The average Bonchev–Trinajstić information content (AvgIpc) is 2.30. The molecule has 0 radical (unpaired) electrons. The molecule has 0 spiro atoms. The molecule has 1 rings (SSSR count). The molecule has 0 aliphatic heterocycles. The van der Waals surface area contributed by atoms with Crippen LogP contribution in [0.4, 0.5) is 0 Å². The van der Waals surface area contributed by atoms with E-state index in [1.54, 1.807) is 12.1 Å². The van der Waals surface area contributed by atoms with Crippen LogP contribution in [0.2, 0.25) is 0 Å². The molecule has 0 heterocycles. The Bertz CT molecular complexity index is 349. The minimum atomic E-state index is -0.0406. The van der Waals surface area contributed by atoms with Gasteiger partial charge in [-0.05, 0) is 37.6 Å². The largest absolute Gasteiger partial charge is 0.494 e. The van der Waals surface area contributed by atoms with E-state index < -0.39 is 0 Å². The van der Waals surface area contributed by atoms with Gasteiger partial charge in [0.25, 0.3) is 5.91 Å². The Kier molecular flexibility index (Phi) is 6.05. The van der Waals surface area contributed by atoms with E-state index in [1.165, 1.54) is 0 Å². The van der Waals surface area contributed by atoms with Gasteiger partial charge in [-0.15, -0.1) is 0 Å². The Labute approximate surface area is 111 Å². The Hall–Kier alpha value is -1.03. The monoisotopic (exact) mass is 299 g/mol. The van der Waals surface area contributed by atoms with Crippen molar-refractivity contribution in [2.75, 3.05) is 13.2 Å². The highest BCUT2D eigenvalue weighted by atomic mass is 79.9. The number of halogens is 1. The first-order valence-electron chi connectivity index (χ1n) is 5.78. The number of hydrogen-bond donors (Lipinski definition) is 1. The second kappa shape index (κ2) is 7.33. The Morgan fingerprint density at radius 1 is 1.41 bits per heavy atom. The summed E-state index contributed by atoms with van der Waals surface area (Å²) in [6.45, 7) is 5.30. The fraction of sp³-hybridized carbons (Fsp3) is 0.462. The second-order valence-electron chi connectivity index (χ2n) is 3.78. The number of alkyl halides is 1. The first kappa shape index (κ1) is 14.0. The molecule has 0 saturated carbocycles. The van der Waals surface area contributed by atoms with E-state index in [1.807, 2.05) is 19.1 Å². The van der Waals surface area contributed by atoms with Gasteiger partial charge in [0, 0.05) is 16.9 Å². The Morgan fingerprint density at radius 3 is 2.59 bits per heavy atom. The van der Waals surface area contributed by atoms with Crippen molar-refractivity contribution in [3.8, 4) is 5.75 Å². The lowest BCUT2D eigenvalue weighted by molar-refractivity contribution is 0.0953. The number of ether oxygens (including phenoxy) is 1. The molecule has 1 atom stereocenters. The molecule has 94 valence electrons. The summed E-state index contributed by atoms with van der Waals surface area (Å²) in [5.74, 6) is 0.749. The van der Waals surface area contributed by atoms with E-state index in [4.69, 9.17) is 4.74 Å². The molecule has 0 fully saturated rings. The molecule has 0 aromatic heterocycles. The van der Waals surface area contributed by atoms with Crippen molar-refractivity contribution in [2.45, 2.75) is 25.1 Å². The van der Waals surface area contributed by atoms with Crippen molar-refractivity contribution in [2.24, 2.45) is 0 Å². The van der Waals surface area contributed by atoms with E-state index in [2.05, 4.69) is 28.2 Å². The van der Waals surface area contributed by atoms with Crippen LogP contribution in [0.3, 0.4) is 0 Å². The molecule has 0 aliphatic rings. The topological polar surface area (TPSA) is 38.3 Å². The van der Waals surface area contributed by atoms with Crippen LogP contribution >= 0.6 is 15.9 Å². The minimum Gasteiger partial charge on any atom is -0.494 e. The van der Waals surface area contributed by atoms with Gasteiger partial charge in [0.2, 0.25) is 0 Å². The van der Waals surface area contributed by atoms with Crippen molar-refractivity contribution in [1.29, 1.82) is 0 Å². The van der Waals surface area contributed by atoms with Crippen LogP contribution in [-0.2, 0) is 0 Å². The lowest BCUT2D eigenvalue weighted by atomic mass is 10.2. The summed E-state index contributed by atoms with van der Waals surface area (Å²) in [6.07, 6.45) is 0.919. The summed E-state index contributed by atoms with van der Waals surface area (Å²) < 4.78 is 5.32.